The van der Waals surface area contributed by atoms with Crippen molar-refractivity contribution in [2.24, 2.45) is 0 Å². The van der Waals surface area contributed by atoms with Gasteiger partial charge in [-0.25, -0.2) is 9.69 Å². The van der Waals surface area contributed by atoms with Crippen molar-refractivity contribution in [3.05, 3.63) is 36.4 Å². The highest BCUT2D eigenvalue weighted by molar-refractivity contribution is 6.28. The molecule has 1 unspecified atom stereocenters. The molecule has 0 aliphatic carbocycles. The minimum absolute atomic E-state index is 0.000412. The van der Waals surface area contributed by atoms with Crippen LogP contribution in [0.4, 0.5) is 5.69 Å². The highest BCUT2D eigenvalue weighted by atomic mass is 16.5. The van der Waals surface area contributed by atoms with Crippen molar-refractivity contribution in [2.75, 3.05) is 4.90 Å². The van der Waals surface area contributed by atoms with Crippen LogP contribution in [0.3, 0.4) is 0 Å². The number of amides is 4. The van der Waals surface area contributed by atoms with Crippen molar-refractivity contribution >= 4 is 35.3 Å². The lowest BCUT2D eigenvalue weighted by Crippen LogP contribution is -2.46. The number of esters is 1. The molecule has 134 valence electrons. The lowest BCUT2D eigenvalue weighted by atomic mass is 10.2. The third kappa shape index (κ3) is 3.01. The van der Waals surface area contributed by atoms with Crippen LogP contribution in [0.1, 0.15) is 26.2 Å². The molecule has 0 bridgehead atoms. The van der Waals surface area contributed by atoms with E-state index in [0.29, 0.717) is 0 Å². The third-order valence-electron chi connectivity index (χ3n) is 4.19. The zero-order chi connectivity index (χ0) is 18.8. The molecule has 1 aromatic rings. The van der Waals surface area contributed by atoms with E-state index >= 15 is 0 Å². The molecule has 0 saturated carbocycles. The summed E-state index contributed by atoms with van der Waals surface area (Å²) in [5, 5.41) is 0. The molecule has 2 aliphatic rings. The first-order valence-corrected chi connectivity index (χ1v) is 8.15. The smallest absolute Gasteiger partial charge is 0.334 e. The van der Waals surface area contributed by atoms with Gasteiger partial charge in [0.1, 0.15) is 6.04 Å². The van der Waals surface area contributed by atoms with Crippen LogP contribution >= 0.6 is 0 Å². The molecule has 3 rings (SSSR count). The van der Waals surface area contributed by atoms with E-state index in [0.717, 1.165) is 22.0 Å². The zero-order valence-electron chi connectivity index (χ0n) is 14.0. The SMILES string of the molecule is CCC(C(=O)Oc1ccccc1N1C(=O)C=CC1=O)N1C(=O)CCC1=O. The Morgan fingerprint density at radius 1 is 1.04 bits per heavy atom. The standard InChI is InChI=1S/C18H16N2O6/c1-2-11(19-14(21)7-8-15(19)22)18(25)26-13-6-4-3-5-12(13)20-16(23)9-10-17(20)24/h3-6,9-11H,2,7-8H2,1H3. The van der Waals surface area contributed by atoms with Crippen LogP contribution in [0.25, 0.3) is 0 Å². The molecular weight excluding hydrogens is 340 g/mol. The first-order chi connectivity index (χ1) is 12.4. The normalized spacial score (nSPS) is 18.0. The average Bonchev–Trinajstić information content (AvgIpc) is 3.12. The second-order valence-electron chi connectivity index (χ2n) is 5.82. The van der Waals surface area contributed by atoms with Crippen molar-refractivity contribution in [1.82, 2.24) is 4.90 Å². The van der Waals surface area contributed by atoms with E-state index in [1.54, 1.807) is 19.1 Å². The molecule has 1 aromatic carbocycles. The molecule has 1 fully saturated rings. The summed E-state index contributed by atoms with van der Waals surface area (Å²) < 4.78 is 5.36. The van der Waals surface area contributed by atoms with E-state index in [1.165, 1.54) is 12.1 Å². The van der Waals surface area contributed by atoms with Gasteiger partial charge in [-0.1, -0.05) is 19.1 Å². The molecule has 1 saturated heterocycles. The van der Waals surface area contributed by atoms with Crippen molar-refractivity contribution in [2.45, 2.75) is 32.2 Å². The van der Waals surface area contributed by atoms with E-state index in [4.69, 9.17) is 4.74 Å². The molecule has 2 heterocycles. The van der Waals surface area contributed by atoms with Gasteiger partial charge in [-0.15, -0.1) is 0 Å². The summed E-state index contributed by atoms with van der Waals surface area (Å²) in [6.07, 6.45) is 2.58. The molecule has 8 nitrogen and oxygen atoms in total. The largest absolute Gasteiger partial charge is 0.423 e. The maximum atomic E-state index is 12.6. The number of carbonyl (C=O) groups excluding carboxylic acids is 5. The van der Waals surface area contributed by atoms with Gasteiger partial charge < -0.3 is 4.74 Å². The number of rotatable bonds is 5. The topological polar surface area (TPSA) is 101 Å². The highest BCUT2D eigenvalue weighted by Gasteiger charge is 2.39. The Labute approximate surface area is 149 Å². The van der Waals surface area contributed by atoms with Gasteiger partial charge in [-0.05, 0) is 18.6 Å². The number of hydrogen-bond donors (Lipinski definition) is 0. The van der Waals surface area contributed by atoms with Crippen LogP contribution in [0.15, 0.2) is 36.4 Å². The molecule has 0 radical (unpaired) electrons. The number of carbonyl (C=O) groups is 5. The van der Waals surface area contributed by atoms with Crippen LogP contribution in [0, 0.1) is 0 Å². The number of nitrogens with zero attached hydrogens (tertiary/aromatic N) is 2. The molecule has 8 heteroatoms. The van der Waals surface area contributed by atoms with Gasteiger partial charge in [-0.2, -0.15) is 0 Å². The van der Waals surface area contributed by atoms with Gasteiger partial charge in [0.2, 0.25) is 11.8 Å². The Morgan fingerprint density at radius 2 is 1.62 bits per heavy atom. The number of para-hydroxylation sites is 2. The fraction of sp³-hybridized carbons (Fsp3) is 0.278. The van der Waals surface area contributed by atoms with Gasteiger partial charge in [0.05, 0.1) is 5.69 Å². The molecule has 0 N–H and O–H groups in total. The average molecular weight is 356 g/mol. The lowest BCUT2D eigenvalue weighted by molar-refractivity contribution is -0.152. The summed E-state index contributed by atoms with van der Waals surface area (Å²) in [7, 11) is 0. The number of benzene rings is 1. The highest BCUT2D eigenvalue weighted by Crippen LogP contribution is 2.31. The second-order valence-corrected chi connectivity index (χ2v) is 5.82. The van der Waals surface area contributed by atoms with Gasteiger partial charge in [0.15, 0.2) is 5.75 Å². The number of likely N-dealkylation sites (tertiary alicyclic amines) is 1. The molecular formula is C18H16N2O6. The van der Waals surface area contributed by atoms with E-state index in [-0.39, 0.29) is 30.7 Å². The molecule has 4 amide bonds. The third-order valence-corrected chi connectivity index (χ3v) is 4.19. The maximum Gasteiger partial charge on any atom is 0.334 e. The zero-order valence-corrected chi connectivity index (χ0v) is 14.0. The Hall–Kier alpha value is -3.29. The lowest BCUT2D eigenvalue weighted by Gasteiger charge is -2.24. The fourth-order valence-electron chi connectivity index (χ4n) is 2.94. The summed E-state index contributed by atoms with van der Waals surface area (Å²) in [5.41, 5.74) is 0.120. The minimum atomic E-state index is -1.05. The summed E-state index contributed by atoms with van der Waals surface area (Å²) in [5.74, 6) is -2.72. The fourth-order valence-corrected chi connectivity index (χ4v) is 2.94. The predicted molar refractivity (Wildman–Crippen MR) is 88.9 cm³/mol. The van der Waals surface area contributed by atoms with E-state index < -0.39 is 35.6 Å². The molecule has 2 aliphatic heterocycles. The number of anilines is 1. The van der Waals surface area contributed by atoms with E-state index in [2.05, 4.69) is 0 Å². The van der Waals surface area contributed by atoms with Crippen molar-refractivity contribution in [3.63, 3.8) is 0 Å². The molecule has 0 aromatic heterocycles. The Balaban J connectivity index is 1.86. The van der Waals surface area contributed by atoms with E-state index in [9.17, 15) is 24.0 Å². The first-order valence-electron chi connectivity index (χ1n) is 8.15. The monoisotopic (exact) mass is 356 g/mol. The molecule has 0 spiro atoms. The van der Waals surface area contributed by atoms with Gasteiger partial charge in [0.25, 0.3) is 11.8 Å². The van der Waals surface area contributed by atoms with Crippen LogP contribution in [-0.4, -0.2) is 40.5 Å². The van der Waals surface area contributed by atoms with Gasteiger partial charge >= 0.3 is 5.97 Å². The second kappa shape index (κ2) is 6.91. The van der Waals surface area contributed by atoms with Crippen molar-refractivity contribution in [1.29, 1.82) is 0 Å². The molecule has 26 heavy (non-hydrogen) atoms. The maximum absolute atomic E-state index is 12.6. The summed E-state index contributed by atoms with van der Waals surface area (Å²) in [4.78, 5) is 62.0. The minimum Gasteiger partial charge on any atom is -0.423 e. The first kappa shape index (κ1) is 17.5. The summed E-state index contributed by atoms with van der Waals surface area (Å²) in [6, 6.07) is 5.03. The van der Waals surface area contributed by atoms with Crippen LogP contribution < -0.4 is 9.64 Å². The van der Waals surface area contributed by atoms with Crippen LogP contribution in [-0.2, 0) is 24.0 Å². The van der Waals surface area contributed by atoms with Crippen LogP contribution in [0.2, 0.25) is 0 Å². The number of ether oxygens (including phenoxy) is 1. The van der Waals surface area contributed by atoms with Crippen molar-refractivity contribution < 1.29 is 28.7 Å². The Kier molecular flexibility index (Phi) is 4.66. The number of hydrogen-bond acceptors (Lipinski definition) is 6. The van der Waals surface area contributed by atoms with E-state index in [1.807, 2.05) is 0 Å². The van der Waals surface area contributed by atoms with Crippen molar-refractivity contribution in [3.8, 4) is 5.75 Å². The molecule has 1 atom stereocenters. The predicted octanol–water partition coefficient (Wildman–Crippen LogP) is 0.949. The Bertz CT molecular complexity index is 810. The quantitative estimate of drug-likeness (QED) is 0.442. The van der Waals surface area contributed by atoms with Gasteiger partial charge in [-0.3, -0.25) is 24.1 Å². The van der Waals surface area contributed by atoms with Gasteiger partial charge in [0, 0.05) is 25.0 Å². The Morgan fingerprint density at radius 3 is 2.19 bits per heavy atom. The number of imide groups is 2. The summed E-state index contributed by atoms with van der Waals surface area (Å²) >= 11 is 0. The summed E-state index contributed by atoms with van der Waals surface area (Å²) in [6.45, 7) is 1.66. The van der Waals surface area contributed by atoms with Crippen LogP contribution in [0.5, 0.6) is 5.75 Å².